The van der Waals surface area contributed by atoms with Crippen LogP contribution in [0.3, 0.4) is 0 Å². The van der Waals surface area contributed by atoms with E-state index in [0.29, 0.717) is 5.11 Å². The van der Waals surface area contributed by atoms with Crippen molar-refractivity contribution in [2.75, 3.05) is 38.0 Å². The summed E-state index contributed by atoms with van der Waals surface area (Å²) < 4.78 is 26.7. The molecular formula is C20H21F2N3S. The molecule has 3 nitrogen and oxygen atoms in total. The summed E-state index contributed by atoms with van der Waals surface area (Å²) in [6, 6.07) is 13.6. The number of thiocarbonyl (C=S) groups is 1. The number of piperazine rings is 1. The van der Waals surface area contributed by atoms with Crippen LogP contribution in [0.25, 0.3) is 6.08 Å². The highest BCUT2D eigenvalue weighted by atomic mass is 32.1. The van der Waals surface area contributed by atoms with Gasteiger partial charge in [0, 0.05) is 38.8 Å². The molecule has 1 aliphatic heterocycles. The number of nitrogens with one attached hydrogen (secondary N) is 1. The van der Waals surface area contributed by atoms with E-state index in [0.717, 1.165) is 38.8 Å². The largest absolute Gasteiger partial charge is 0.346 e. The molecule has 2 aromatic rings. The summed E-state index contributed by atoms with van der Waals surface area (Å²) in [7, 11) is 0. The predicted molar refractivity (Wildman–Crippen MR) is 106 cm³/mol. The molecule has 0 aromatic heterocycles. The summed E-state index contributed by atoms with van der Waals surface area (Å²) in [5.74, 6) is -1.24. The monoisotopic (exact) mass is 373 g/mol. The standard InChI is InChI=1S/C20H21F2N3S/c21-17-8-9-19(18(22)15-17)23-20(26)25-13-11-24(12-14-25)10-4-7-16-5-2-1-3-6-16/h1-9,15H,10-14H2,(H,23,26). The summed E-state index contributed by atoms with van der Waals surface area (Å²) >= 11 is 5.36. The second-order valence-corrected chi connectivity index (χ2v) is 6.54. The zero-order chi connectivity index (χ0) is 18.4. The number of nitrogens with zero attached hydrogens (tertiary/aromatic N) is 2. The fourth-order valence-electron chi connectivity index (χ4n) is 2.82. The maximum absolute atomic E-state index is 13.7. The fourth-order valence-corrected chi connectivity index (χ4v) is 3.11. The number of rotatable bonds is 4. The minimum absolute atomic E-state index is 0.199. The fraction of sp³-hybridized carbons (Fsp3) is 0.250. The average molecular weight is 373 g/mol. The molecule has 0 saturated carbocycles. The van der Waals surface area contributed by atoms with Crippen LogP contribution in [0.1, 0.15) is 5.56 Å². The van der Waals surface area contributed by atoms with E-state index in [1.165, 1.54) is 17.7 Å². The van der Waals surface area contributed by atoms with Crippen LogP contribution in [0.15, 0.2) is 54.6 Å². The molecule has 0 aliphatic carbocycles. The molecule has 2 aromatic carbocycles. The molecule has 1 fully saturated rings. The molecule has 0 atom stereocenters. The molecule has 0 amide bonds. The minimum Gasteiger partial charge on any atom is -0.346 e. The smallest absolute Gasteiger partial charge is 0.173 e. The average Bonchev–Trinajstić information content (AvgIpc) is 2.65. The highest BCUT2D eigenvalue weighted by Crippen LogP contribution is 2.16. The zero-order valence-electron chi connectivity index (χ0n) is 14.4. The summed E-state index contributed by atoms with van der Waals surface area (Å²) in [5.41, 5.74) is 1.39. The van der Waals surface area contributed by atoms with Crippen LogP contribution in [0.4, 0.5) is 14.5 Å². The van der Waals surface area contributed by atoms with E-state index in [9.17, 15) is 8.78 Å². The maximum atomic E-state index is 13.7. The Hall–Kier alpha value is -2.31. The first-order valence-electron chi connectivity index (χ1n) is 8.57. The van der Waals surface area contributed by atoms with Crippen LogP contribution in [-0.4, -0.2) is 47.6 Å². The first-order chi connectivity index (χ1) is 12.6. The van der Waals surface area contributed by atoms with Crippen molar-refractivity contribution in [2.45, 2.75) is 0 Å². The number of benzene rings is 2. The third kappa shape index (κ3) is 5.09. The van der Waals surface area contributed by atoms with E-state index in [4.69, 9.17) is 12.2 Å². The van der Waals surface area contributed by atoms with Crippen LogP contribution in [0.2, 0.25) is 0 Å². The van der Waals surface area contributed by atoms with Gasteiger partial charge in [0.15, 0.2) is 5.11 Å². The van der Waals surface area contributed by atoms with Gasteiger partial charge in [0.2, 0.25) is 0 Å². The van der Waals surface area contributed by atoms with Gasteiger partial charge in [0.1, 0.15) is 11.6 Å². The summed E-state index contributed by atoms with van der Waals surface area (Å²) in [6.07, 6.45) is 4.28. The third-order valence-electron chi connectivity index (χ3n) is 4.31. The van der Waals surface area contributed by atoms with Crippen molar-refractivity contribution in [1.29, 1.82) is 0 Å². The molecule has 0 bridgehead atoms. The molecule has 1 saturated heterocycles. The van der Waals surface area contributed by atoms with E-state index in [1.807, 2.05) is 23.1 Å². The molecule has 1 N–H and O–H groups in total. The van der Waals surface area contributed by atoms with Gasteiger partial charge in [-0.2, -0.15) is 0 Å². The van der Waals surface area contributed by atoms with E-state index in [1.54, 1.807) is 0 Å². The van der Waals surface area contributed by atoms with Crippen molar-refractivity contribution in [3.05, 3.63) is 71.8 Å². The highest BCUT2D eigenvalue weighted by Gasteiger charge is 2.18. The quantitative estimate of drug-likeness (QED) is 0.817. The molecular weight excluding hydrogens is 352 g/mol. The summed E-state index contributed by atoms with van der Waals surface area (Å²) in [5, 5.41) is 3.34. The van der Waals surface area contributed by atoms with Gasteiger partial charge in [0.05, 0.1) is 5.69 Å². The van der Waals surface area contributed by atoms with Crippen molar-refractivity contribution >= 4 is 29.1 Å². The van der Waals surface area contributed by atoms with Gasteiger partial charge in [-0.15, -0.1) is 0 Å². The lowest BCUT2D eigenvalue weighted by atomic mass is 10.2. The molecule has 3 rings (SSSR count). The van der Waals surface area contributed by atoms with Crippen LogP contribution in [-0.2, 0) is 0 Å². The van der Waals surface area contributed by atoms with Gasteiger partial charge < -0.3 is 10.2 Å². The van der Waals surface area contributed by atoms with E-state index < -0.39 is 11.6 Å². The van der Waals surface area contributed by atoms with Gasteiger partial charge in [-0.25, -0.2) is 8.78 Å². The molecule has 0 spiro atoms. The van der Waals surface area contributed by atoms with Crippen LogP contribution in [0.5, 0.6) is 0 Å². The van der Waals surface area contributed by atoms with Crippen molar-refractivity contribution in [3.63, 3.8) is 0 Å². The first-order valence-corrected chi connectivity index (χ1v) is 8.97. The third-order valence-corrected chi connectivity index (χ3v) is 4.67. The normalized spacial score (nSPS) is 15.4. The Balaban J connectivity index is 1.45. The van der Waals surface area contributed by atoms with E-state index in [-0.39, 0.29) is 5.69 Å². The van der Waals surface area contributed by atoms with Crippen molar-refractivity contribution < 1.29 is 8.78 Å². The van der Waals surface area contributed by atoms with Crippen LogP contribution >= 0.6 is 12.2 Å². The van der Waals surface area contributed by atoms with Crippen LogP contribution < -0.4 is 5.32 Å². The predicted octanol–water partition coefficient (Wildman–Crippen LogP) is 3.99. The van der Waals surface area contributed by atoms with Crippen molar-refractivity contribution in [2.24, 2.45) is 0 Å². The molecule has 1 aliphatic rings. The number of anilines is 1. The highest BCUT2D eigenvalue weighted by molar-refractivity contribution is 7.80. The Morgan fingerprint density at radius 3 is 2.46 bits per heavy atom. The Labute approximate surface area is 157 Å². The first kappa shape index (κ1) is 18.5. The van der Waals surface area contributed by atoms with Gasteiger partial charge >= 0.3 is 0 Å². The number of hydrogen-bond donors (Lipinski definition) is 1. The van der Waals surface area contributed by atoms with E-state index in [2.05, 4.69) is 34.5 Å². The summed E-state index contributed by atoms with van der Waals surface area (Å²) in [4.78, 5) is 4.35. The lowest BCUT2D eigenvalue weighted by Gasteiger charge is -2.35. The molecule has 6 heteroatoms. The molecule has 136 valence electrons. The topological polar surface area (TPSA) is 18.5 Å². The Kier molecular flexibility index (Phi) is 6.30. The Morgan fingerprint density at radius 1 is 1.04 bits per heavy atom. The minimum atomic E-state index is -0.642. The second-order valence-electron chi connectivity index (χ2n) is 6.16. The van der Waals surface area contributed by atoms with Gasteiger partial charge in [-0.1, -0.05) is 42.5 Å². The number of hydrogen-bond acceptors (Lipinski definition) is 2. The van der Waals surface area contributed by atoms with Gasteiger partial charge in [-0.05, 0) is 29.9 Å². The lowest BCUT2D eigenvalue weighted by molar-refractivity contribution is 0.199. The maximum Gasteiger partial charge on any atom is 0.173 e. The molecule has 0 radical (unpaired) electrons. The second kappa shape index (κ2) is 8.87. The number of halogens is 2. The molecule has 0 unspecified atom stereocenters. The lowest BCUT2D eigenvalue weighted by Crippen LogP contribution is -2.49. The Bertz CT molecular complexity index is 772. The molecule has 26 heavy (non-hydrogen) atoms. The van der Waals surface area contributed by atoms with Crippen molar-refractivity contribution in [1.82, 2.24) is 9.80 Å². The SMILES string of the molecule is Fc1ccc(NC(=S)N2CCN(CC=Cc3ccccc3)CC2)c(F)c1. The van der Waals surface area contributed by atoms with Crippen LogP contribution in [0, 0.1) is 11.6 Å². The van der Waals surface area contributed by atoms with Gasteiger partial charge in [0.25, 0.3) is 0 Å². The Morgan fingerprint density at radius 2 is 1.77 bits per heavy atom. The van der Waals surface area contributed by atoms with Gasteiger partial charge in [-0.3, -0.25) is 4.90 Å². The molecule has 1 heterocycles. The zero-order valence-corrected chi connectivity index (χ0v) is 15.2. The van der Waals surface area contributed by atoms with E-state index >= 15 is 0 Å². The van der Waals surface area contributed by atoms with Crippen molar-refractivity contribution in [3.8, 4) is 0 Å². The summed E-state index contributed by atoms with van der Waals surface area (Å²) in [6.45, 7) is 4.19.